The molecule has 1 aliphatic heterocycles. The maximum Gasteiger partial charge on any atom is 0.417 e. The van der Waals surface area contributed by atoms with E-state index >= 15 is 0 Å². The van der Waals surface area contributed by atoms with Crippen molar-refractivity contribution in [3.8, 4) is 0 Å². The number of carbonyl (C=O) groups is 3. The molecule has 1 saturated carbocycles. The van der Waals surface area contributed by atoms with Gasteiger partial charge in [-0.3, -0.25) is 9.59 Å². The van der Waals surface area contributed by atoms with E-state index in [0.717, 1.165) is 25.7 Å². The second kappa shape index (κ2) is 7.11. The van der Waals surface area contributed by atoms with Crippen molar-refractivity contribution < 1.29 is 23.9 Å². The maximum atomic E-state index is 13.0. The van der Waals surface area contributed by atoms with Gasteiger partial charge in [-0.15, -0.1) is 0 Å². The summed E-state index contributed by atoms with van der Waals surface area (Å²) in [6.45, 7) is 8.98. The molecule has 136 valence electrons. The first-order chi connectivity index (χ1) is 11.1. The molecule has 0 spiro atoms. The van der Waals surface area contributed by atoms with E-state index in [1.807, 2.05) is 0 Å². The summed E-state index contributed by atoms with van der Waals surface area (Å²) in [6.07, 6.45) is 3.02. The first kappa shape index (κ1) is 18.7. The molecule has 3 atom stereocenters. The van der Waals surface area contributed by atoms with Crippen LogP contribution in [-0.4, -0.2) is 40.6 Å². The van der Waals surface area contributed by atoms with Crippen LogP contribution in [0.3, 0.4) is 0 Å². The Labute approximate surface area is 143 Å². The van der Waals surface area contributed by atoms with Gasteiger partial charge in [-0.2, -0.15) is 0 Å². The Kier molecular flexibility index (Phi) is 5.56. The van der Waals surface area contributed by atoms with Crippen LogP contribution < -0.4 is 0 Å². The highest BCUT2D eigenvalue weighted by molar-refractivity contribution is 5.96. The molecule has 0 bridgehead atoms. The molecule has 1 saturated heterocycles. The van der Waals surface area contributed by atoms with Crippen molar-refractivity contribution in [3.05, 3.63) is 0 Å². The largest absolute Gasteiger partial charge is 0.460 e. The van der Waals surface area contributed by atoms with Gasteiger partial charge < -0.3 is 9.47 Å². The monoisotopic (exact) mass is 339 g/mol. The van der Waals surface area contributed by atoms with Gasteiger partial charge in [0, 0.05) is 0 Å². The van der Waals surface area contributed by atoms with Crippen molar-refractivity contribution in [2.24, 2.45) is 11.8 Å². The summed E-state index contributed by atoms with van der Waals surface area (Å²) in [5.74, 6) is -1.07. The van der Waals surface area contributed by atoms with E-state index in [0.29, 0.717) is 0 Å². The lowest BCUT2D eigenvalue weighted by atomic mass is 9.86. The minimum atomic E-state index is -0.604. The van der Waals surface area contributed by atoms with E-state index in [2.05, 4.69) is 0 Å². The Bertz CT molecular complexity index is 504. The van der Waals surface area contributed by atoms with Crippen molar-refractivity contribution in [1.82, 2.24) is 4.90 Å². The predicted molar refractivity (Wildman–Crippen MR) is 88.2 cm³/mol. The molecular weight excluding hydrogens is 310 g/mol. The lowest BCUT2D eigenvalue weighted by molar-refractivity contribution is -0.159. The zero-order valence-electron chi connectivity index (χ0n) is 15.3. The Balaban J connectivity index is 2.15. The lowest BCUT2D eigenvalue weighted by Gasteiger charge is -2.28. The fourth-order valence-corrected chi connectivity index (χ4v) is 3.54. The number of imide groups is 1. The fourth-order valence-electron chi connectivity index (χ4n) is 3.54. The summed E-state index contributed by atoms with van der Waals surface area (Å²) in [7, 11) is 0. The maximum absolute atomic E-state index is 13.0. The van der Waals surface area contributed by atoms with Crippen LogP contribution in [0.2, 0.25) is 0 Å². The fraction of sp³-hybridized carbons (Fsp3) is 0.833. The SMILES string of the molecule is CC1OC(=O)N(C(=O)C(CC(=O)OC(C)(C)C)C2CCCC2)C1C. The summed E-state index contributed by atoms with van der Waals surface area (Å²) in [4.78, 5) is 38.5. The van der Waals surface area contributed by atoms with Crippen LogP contribution in [-0.2, 0) is 19.1 Å². The van der Waals surface area contributed by atoms with E-state index in [4.69, 9.17) is 9.47 Å². The van der Waals surface area contributed by atoms with E-state index in [1.54, 1.807) is 34.6 Å². The Morgan fingerprint density at radius 2 is 1.83 bits per heavy atom. The minimum absolute atomic E-state index is 0.0195. The molecule has 1 heterocycles. The molecule has 0 aromatic rings. The summed E-state index contributed by atoms with van der Waals surface area (Å²) < 4.78 is 10.5. The molecule has 2 aliphatic rings. The third kappa shape index (κ3) is 4.28. The van der Waals surface area contributed by atoms with Crippen molar-refractivity contribution in [2.45, 2.75) is 84.5 Å². The molecule has 2 fully saturated rings. The topological polar surface area (TPSA) is 72.9 Å². The number of esters is 1. The number of amides is 2. The molecule has 24 heavy (non-hydrogen) atoms. The average molecular weight is 339 g/mol. The Morgan fingerprint density at radius 3 is 2.29 bits per heavy atom. The van der Waals surface area contributed by atoms with E-state index in [1.165, 1.54) is 4.90 Å². The van der Waals surface area contributed by atoms with E-state index in [-0.39, 0.29) is 36.4 Å². The summed E-state index contributed by atoms with van der Waals surface area (Å²) in [5.41, 5.74) is -0.589. The van der Waals surface area contributed by atoms with Crippen molar-refractivity contribution in [1.29, 1.82) is 0 Å². The van der Waals surface area contributed by atoms with Crippen LogP contribution in [0.1, 0.15) is 66.7 Å². The van der Waals surface area contributed by atoms with Crippen molar-refractivity contribution in [3.63, 3.8) is 0 Å². The third-order valence-electron chi connectivity index (χ3n) is 4.90. The molecule has 6 nitrogen and oxygen atoms in total. The van der Waals surface area contributed by atoms with Crippen LogP contribution in [0.5, 0.6) is 0 Å². The lowest BCUT2D eigenvalue weighted by Crippen LogP contribution is -2.45. The summed E-state index contributed by atoms with van der Waals surface area (Å²) >= 11 is 0. The highest BCUT2D eigenvalue weighted by Gasteiger charge is 2.45. The summed E-state index contributed by atoms with van der Waals surface area (Å²) in [5, 5.41) is 0. The number of nitrogens with zero attached hydrogens (tertiary/aromatic N) is 1. The number of rotatable bonds is 4. The quantitative estimate of drug-likeness (QED) is 0.735. The van der Waals surface area contributed by atoms with Gasteiger partial charge in [0.25, 0.3) is 0 Å². The number of carbonyl (C=O) groups excluding carboxylic acids is 3. The van der Waals surface area contributed by atoms with Gasteiger partial charge in [0.2, 0.25) is 5.91 Å². The Morgan fingerprint density at radius 1 is 1.25 bits per heavy atom. The molecule has 0 aromatic carbocycles. The minimum Gasteiger partial charge on any atom is -0.460 e. The highest BCUT2D eigenvalue weighted by atomic mass is 16.6. The molecule has 1 aliphatic carbocycles. The third-order valence-corrected chi connectivity index (χ3v) is 4.90. The Hall–Kier alpha value is -1.59. The van der Waals surface area contributed by atoms with Gasteiger partial charge >= 0.3 is 12.1 Å². The second-order valence-electron chi connectivity index (χ2n) is 7.98. The standard InChI is InChI=1S/C18H29NO5/c1-11-12(2)23-17(22)19(11)16(21)14(13-8-6-7-9-13)10-15(20)24-18(3,4)5/h11-14H,6-10H2,1-5H3. The van der Waals surface area contributed by atoms with Crippen molar-refractivity contribution >= 4 is 18.0 Å². The number of hydrogen-bond acceptors (Lipinski definition) is 5. The number of hydrogen-bond donors (Lipinski definition) is 0. The number of cyclic esters (lactones) is 1. The molecule has 0 N–H and O–H groups in total. The van der Waals surface area contributed by atoms with Crippen LogP contribution in [0.15, 0.2) is 0 Å². The normalized spacial score (nSPS) is 26.4. The molecule has 6 heteroatoms. The van der Waals surface area contributed by atoms with Gasteiger partial charge in [0.1, 0.15) is 11.7 Å². The molecule has 2 amide bonds. The van der Waals surface area contributed by atoms with E-state index < -0.39 is 17.6 Å². The van der Waals surface area contributed by atoms with Gasteiger partial charge in [0.15, 0.2) is 0 Å². The van der Waals surface area contributed by atoms with Crippen LogP contribution in [0.25, 0.3) is 0 Å². The second-order valence-corrected chi connectivity index (χ2v) is 7.98. The van der Waals surface area contributed by atoms with Crippen LogP contribution >= 0.6 is 0 Å². The zero-order chi connectivity index (χ0) is 18.1. The van der Waals surface area contributed by atoms with Gasteiger partial charge in [-0.05, 0) is 53.4 Å². The molecular formula is C18H29NO5. The first-order valence-corrected chi connectivity index (χ1v) is 8.85. The zero-order valence-corrected chi connectivity index (χ0v) is 15.3. The van der Waals surface area contributed by atoms with Crippen LogP contribution in [0.4, 0.5) is 4.79 Å². The molecule has 0 radical (unpaired) electrons. The smallest absolute Gasteiger partial charge is 0.417 e. The first-order valence-electron chi connectivity index (χ1n) is 8.85. The molecule has 2 rings (SSSR count). The molecule has 3 unspecified atom stereocenters. The summed E-state index contributed by atoms with van der Waals surface area (Å²) in [6, 6.07) is -0.312. The van der Waals surface area contributed by atoms with Crippen LogP contribution in [0, 0.1) is 11.8 Å². The number of ether oxygens (including phenoxy) is 2. The van der Waals surface area contributed by atoms with Gasteiger partial charge in [0.05, 0.1) is 18.4 Å². The van der Waals surface area contributed by atoms with Gasteiger partial charge in [-0.25, -0.2) is 9.69 Å². The van der Waals surface area contributed by atoms with E-state index in [9.17, 15) is 14.4 Å². The predicted octanol–water partition coefficient (Wildman–Crippen LogP) is 3.28. The average Bonchev–Trinajstić information content (AvgIpc) is 3.03. The van der Waals surface area contributed by atoms with Crippen molar-refractivity contribution in [2.75, 3.05) is 0 Å². The van der Waals surface area contributed by atoms with Gasteiger partial charge in [-0.1, -0.05) is 12.8 Å². The highest BCUT2D eigenvalue weighted by Crippen LogP contribution is 2.36. The molecule has 0 aromatic heterocycles.